The number of hydrogen-bond acceptors (Lipinski definition) is 10. The number of hydrogen-bond donors (Lipinski definition) is 3. The third-order valence-electron chi connectivity index (χ3n) is 11.5. The average molecular weight is 663 g/mol. The van der Waals surface area contributed by atoms with Crippen LogP contribution in [-0.4, -0.2) is 80.2 Å². The lowest BCUT2D eigenvalue weighted by Crippen LogP contribution is -2.77. The molecule has 7 rings (SSSR count). The van der Waals surface area contributed by atoms with Gasteiger partial charge in [-0.05, 0) is 43.0 Å². The highest BCUT2D eigenvalue weighted by Gasteiger charge is 2.86. The maximum atomic E-state index is 13.3. The lowest BCUT2D eigenvalue weighted by Gasteiger charge is -2.62. The Morgan fingerprint density at radius 3 is 2.08 bits per heavy atom. The van der Waals surface area contributed by atoms with Crippen LogP contribution in [-0.2, 0) is 46.4 Å². The van der Waals surface area contributed by atoms with Gasteiger partial charge in [-0.15, -0.1) is 0 Å². The number of esters is 1. The Balaban J connectivity index is 1.43. The first-order valence-corrected chi connectivity index (χ1v) is 16.7. The van der Waals surface area contributed by atoms with E-state index in [1.54, 1.807) is 13.8 Å². The monoisotopic (exact) mass is 662 g/mol. The molecule has 2 aromatic carbocycles. The molecule has 258 valence electrons. The summed E-state index contributed by atoms with van der Waals surface area (Å²) in [5, 5.41) is 38.5. The Bertz CT molecular complexity index is 1610. The number of rotatable bonds is 8. The maximum Gasteiger partial charge on any atom is 0.303 e. The van der Waals surface area contributed by atoms with Crippen LogP contribution in [0, 0.1) is 17.8 Å². The first kappa shape index (κ1) is 33.6. The smallest absolute Gasteiger partial charge is 0.303 e. The van der Waals surface area contributed by atoms with E-state index in [4.69, 9.17) is 28.4 Å². The van der Waals surface area contributed by atoms with Crippen LogP contribution in [0.4, 0.5) is 0 Å². The highest BCUT2D eigenvalue weighted by atomic mass is 16.9. The molecule has 0 aromatic heterocycles. The third-order valence-corrected chi connectivity index (χ3v) is 11.5. The summed E-state index contributed by atoms with van der Waals surface area (Å²) in [5.41, 5.74) is -4.10. The zero-order valence-electron chi connectivity index (χ0n) is 28.3. The minimum Gasteiger partial charge on any atom is -0.455 e. The summed E-state index contributed by atoms with van der Waals surface area (Å²) in [4.78, 5) is 12.6. The molecule has 2 saturated carbocycles. The largest absolute Gasteiger partial charge is 0.455 e. The predicted molar refractivity (Wildman–Crippen MR) is 173 cm³/mol. The molecule has 10 heteroatoms. The second-order valence-corrected chi connectivity index (χ2v) is 14.7. The Morgan fingerprint density at radius 1 is 0.938 bits per heavy atom. The van der Waals surface area contributed by atoms with E-state index < -0.39 is 82.6 Å². The van der Waals surface area contributed by atoms with Gasteiger partial charge in [0.2, 0.25) is 0 Å². The first-order valence-electron chi connectivity index (χ1n) is 16.7. The molecule has 3 N–H and O–H groups in total. The molecule has 3 bridgehead atoms. The molecule has 1 unspecified atom stereocenters. The van der Waals surface area contributed by atoms with Crippen molar-refractivity contribution in [3.8, 4) is 0 Å². The molecule has 2 aliphatic heterocycles. The van der Waals surface area contributed by atoms with Gasteiger partial charge < -0.3 is 43.7 Å². The van der Waals surface area contributed by atoms with E-state index in [-0.39, 0.29) is 13.2 Å². The Hall–Kier alpha value is -2.93. The number of carbonyl (C=O) groups excluding carboxylic acids is 1. The molecule has 10 nitrogen and oxygen atoms in total. The lowest BCUT2D eigenvalue weighted by atomic mass is 9.52. The molecule has 0 radical (unpaired) electrons. The van der Waals surface area contributed by atoms with Crippen molar-refractivity contribution in [1.82, 2.24) is 0 Å². The summed E-state index contributed by atoms with van der Waals surface area (Å²) in [7, 11) is 0. The minimum absolute atomic E-state index is 0.00257. The lowest BCUT2D eigenvalue weighted by molar-refractivity contribution is -0.427. The van der Waals surface area contributed by atoms with Crippen molar-refractivity contribution in [2.24, 2.45) is 17.8 Å². The fourth-order valence-corrected chi connectivity index (χ4v) is 9.71. The average Bonchev–Trinajstić information content (AvgIpc) is 3.40. The zero-order chi connectivity index (χ0) is 34.4. The molecule has 2 aromatic rings. The molecule has 13 atom stereocenters. The highest BCUT2D eigenvalue weighted by molar-refractivity contribution is 5.67. The number of benzene rings is 2. The molecule has 3 aliphatic carbocycles. The Morgan fingerprint density at radius 2 is 1.52 bits per heavy atom. The van der Waals surface area contributed by atoms with E-state index in [1.165, 1.54) is 13.8 Å². The van der Waals surface area contributed by atoms with Gasteiger partial charge in [-0.1, -0.05) is 80.2 Å². The van der Waals surface area contributed by atoms with E-state index in [2.05, 4.69) is 6.58 Å². The summed E-state index contributed by atoms with van der Waals surface area (Å²) < 4.78 is 39.5. The maximum absolute atomic E-state index is 13.3. The number of aliphatic hydroxyl groups is 3. The molecule has 2 heterocycles. The second kappa shape index (κ2) is 11.3. The quantitative estimate of drug-likeness (QED) is 0.282. The minimum atomic E-state index is -2.12. The Labute approximate surface area is 281 Å². The number of ether oxygens (including phenoxy) is 6. The van der Waals surface area contributed by atoms with Crippen molar-refractivity contribution in [2.75, 3.05) is 0 Å². The number of aliphatic hydroxyl groups excluding tert-OH is 1. The standard InChI is InChI=1S/C38H46O10/c1-21(2)37-31(43-19-25-14-10-8-11-15-25)23(4)38-27-18-22(3)30(45-24(5)39)36(27,42)33(44-20-26-16-12-9-13-17-26)34(6,41)29(40)28(38)32(37)46-35(7,47-37)48-38/h8-18,23,27-33,40-42H,1,19-20H2,2-7H3/t23-,27-,28+,29+,30+,31+,32-,33-,34-,35?,36-,37+,38+/m1/s1. The summed E-state index contributed by atoms with van der Waals surface area (Å²) in [6.07, 6.45) is -4.08. The second-order valence-electron chi connectivity index (χ2n) is 14.7. The Kier molecular flexibility index (Phi) is 7.90. The SMILES string of the molecule is C=C(C)[C@@]12OC3(C)O[C@@H]1[C@@H]1[C@H](O)[C@@](C)(O)[C@@H](OCc4ccccc4)[C@@]4(O)[C@@H](C=C(C)[C@@H]4OC(C)=O)[C@@]1(O3)[C@H](C)[C@@H]2OCc1ccccc1. The van der Waals surface area contributed by atoms with Crippen LogP contribution in [0.15, 0.2) is 84.5 Å². The van der Waals surface area contributed by atoms with E-state index in [1.807, 2.05) is 80.6 Å². The van der Waals surface area contributed by atoms with Crippen molar-refractivity contribution in [3.63, 3.8) is 0 Å². The molecule has 5 aliphatic rings. The van der Waals surface area contributed by atoms with Gasteiger partial charge in [0.15, 0.2) is 6.10 Å². The van der Waals surface area contributed by atoms with E-state index >= 15 is 0 Å². The van der Waals surface area contributed by atoms with Gasteiger partial charge in [-0.2, -0.15) is 0 Å². The molecular weight excluding hydrogens is 616 g/mol. The fourth-order valence-electron chi connectivity index (χ4n) is 9.71. The first-order chi connectivity index (χ1) is 22.6. The van der Waals surface area contributed by atoms with Crippen LogP contribution in [0.3, 0.4) is 0 Å². The molecule has 0 spiro atoms. The van der Waals surface area contributed by atoms with Gasteiger partial charge in [0.1, 0.15) is 29.0 Å². The zero-order valence-corrected chi connectivity index (χ0v) is 28.3. The molecule has 0 amide bonds. The predicted octanol–water partition coefficient (Wildman–Crippen LogP) is 3.96. The van der Waals surface area contributed by atoms with Crippen molar-refractivity contribution >= 4 is 5.97 Å². The van der Waals surface area contributed by atoms with Crippen LogP contribution in [0.1, 0.15) is 52.7 Å². The van der Waals surface area contributed by atoms with Crippen LogP contribution in [0.2, 0.25) is 0 Å². The van der Waals surface area contributed by atoms with Crippen LogP contribution < -0.4 is 0 Å². The van der Waals surface area contributed by atoms with Crippen LogP contribution >= 0.6 is 0 Å². The van der Waals surface area contributed by atoms with Crippen molar-refractivity contribution < 1.29 is 48.5 Å². The normalized spacial score (nSPS) is 45.6. The van der Waals surface area contributed by atoms with Gasteiger partial charge >= 0.3 is 5.97 Å². The van der Waals surface area contributed by atoms with Gasteiger partial charge in [0.05, 0.1) is 31.0 Å². The third kappa shape index (κ3) is 4.51. The number of fused-ring (bicyclic) bond motifs is 2. The van der Waals surface area contributed by atoms with Crippen molar-refractivity contribution in [3.05, 3.63) is 95.6 Å². The molecule has 2 saturated heterocycles. The van der Waals surface area contributed by atoms with E-state index in [9.17, 15) is 20.1 Å². The summed E-state index contributed by atoms with van der Waals surface area (Å²) in [6, 6.07) is 19.1. The number of carbonyl (C=O) groups is 1. The molecule has 4 fully saturated rings. The van der Waals surface area contributed by atoms with Gasteiger partial charge in [0, 0.05) is 31.6 Å². The van der Waals surface area contributed by atoms with Gasteiger partial charge in [0.25, 0.3) is 5.97 Å². The van der Waals surface area contributed by atoms with Crippen molar-refractivity contribution in [1.29, 1.82) is 0 Å². The van der Waals surface area contributed by atoms with E-state index in [0.717, 1.165) is 11.1 Å². The molecule has 48 heavy (non-hydrogen) atoms. The molecular formula is C38H46O10. The van der Waals surface area contributed by atoms with Crippen LogP contribution in [0.5, 0.6) is 0 Å². The van der Waals surface area contributed by atoms with Gasteiger partial charge in [-0.25, -0.2) is 0 Å². The van der Waals surface area contributed by atoms with E-state index in [0.29, 0.717) is 11.1 Å². The highest BCUT2D eigenvalue weighted by Crippen LogP contribution is 2.70. The van der Waals surface area contributed by atoms with Gasteiger partial charge in [-0.3, -0.25) is 4.79 Å². The van der Waals surface area contributed by atoms with Crippen molar-refractivity contribution in [2.45, 2.75) is 114 Å². The summed E-state index contributed by atoms with van der Waals surface area (Å²) in [5.74, 6) is -4.81. The van der Waals surface area contributed by atoms with Crippen LogP contribution in [0.25, 0.3) is 0 Å². The summed E-state index contributed by atoms with van der Waals surface area (Å²) >= 11 is 0. The fraction of sp³-hybridized carbons (Fsp3) is 0.553. The topological polar surface area (TPSA) is 133 Å². The summed E-state index contributed by atoms with van der Waals surface area (Å²) in [6.45, 7) is 14.5.